The molecule has 0 bridgehead atoms. The molecule has 7 nitrogen and oxygen atoms in total. The van der Waals surface area contributed by atoms with E-state index in [0.29, 0.717) is 17.0 Å². The van der Waals surface area contributed by atoms with E-state index < -0.39 is 10.8 Å². The van der Waals surface area contributed by atoms with Crippen molar-refractivity contribution in [3.63, 3.8) is 0 Å². The fourth-order valence-corrected chi connectivity index (χ4v) is 3.67. The number of hydrazone groups is 1. The molecule has 0 saturated heterocycles. The first-order valence-electron chi connectivity index (χ1n) is 10.2. The Morgan fingerprint density at radius 2 is 1.74 bits per heavy atom. The van der Waals surface area contributed by atoms with E-state index in [4.69, 9.17) is 4.74 Å². The van der Waals surface area contributed by atoms with Crippen LogP contribution in [0.5, 0.6) is 5.75 Å². The largest absolute Gasteiger partial charge is 0.484 e. The number of nitro benzene ring substituents is 1. The van der Waals surface area contributed by atoms with Crippen molar-refractivity contribution >= 4 is 17.3 Å². The summed E-state index contributed by atoms with van der Waals surface area (Å²) in [5.41, 5.74) is 4.88. The Morgan fingerprint density at radius 3 is 2.32 bits per heavy atom. The van der Waals surface area contributed by atoms with Crippen molar-refractivity contribution in [3.8, 4) is 5.75 Å². The van der Waals surface area contributed by atoms with Crippen molar-refractivity contribution in [1.82, 2.24) is 5.43 Å². The van der Waals surface area contributed by atoms with Gasteiger partial charge in [-0.2, -0.15) is 5.10 Å². The molecule has 0 spiro atoms. The summed E-state index contributed by atoms with van der Waals surface area (Å²) in [5.74, 6) is 0.187. The summed E-state index contributed by atoms with van der Waals surface area (Å²) in [4.78, 5) is 22.5. The third kappa shape index (κ3) is 7.51. The molecule has 0 saturated carbocycles. The maximum Gasteiger partial charge on any atom is 0.277 e. The molecule has 0 aromatic heterocycles. The number of hydrogen-bond donors (Lipinski definition) is 1. The molecule has 2 rings (SSSR count). The van der Waals surface area contributed by atoms with Crippen LogP contribution in [0.15, 0.2) is 53.6 Å². The predicted octanol–water partition coefficient (Wildman–Crippen LogP) is 5.23. The third-order valence-corrected chi connectivity index (χ3v) is 4.80. The highest BCUT2D eigenvalue weighted by Crippen LogP contribution is 2.36. The van der Waals surface area contributed by atoms with Crippen LogP contribution in [-0.4, -0.2) is 23.1 Å². The molecule has 0 heterocycles. The summed E-state index contributed by atoms with van der Waals surface area (Å²) in [6.45, 7) is 12.6. The van der Waals surface area contributed by atoms with Gasteiger partial charge in [0.1, 0.15) is 5.75 Å². The zero-order chi connectivity index (χ0) is 23.2. The lowest BCUT2D eigenvalue weighted by molar-refractivity contribution is -0.384. The lowest BCUT2D eigenvalue weighted by atomic mass is 9.72. The van der Waals surface area contributed by atoms with Gasteiger partial charge in [0.25, 0.3) is 11.6 Å². The normalized spacial score (nSPS) is 12.4. The molecule has 2 aromatic carbocycles. The van der Waals surface area contributed by atoms with Crippen LogP contribution in [0, 0.1) is 15.5 Å². The van der Waals surface area contributed by atoms with E-state index in [1.54, 1.807) is 19.1 Å². The average molecular weight is 426 g/mol. The van der Waals surface area contributed by atoms with Crippen molar-refractivity contribution < 1.29 is 14.5 Å². The van der Waals surface area contributed by atoms with Crippen LogP contribution in [0.1, 0.15) is 59.1 Å². The van der Waals surface area contributed by atoms with E-state index in [9.17, 15) is 14.9 Å². The van der Waals surface area contributed by atoms with E-state index in [1.165, 1.54) is 17.7 Å². The smallest absolute Gasteiger partial charge is 0.277 e. The number of amides is 1. The molecule has 0 atom stereocenters. The van der Waals surface area contributed by atoms with Crippen LogP contribution in [-0.2, 0) is 10.2 Å². The second kappa shape index (κ2) is 9.73. The molecule has 2 aromatic rings. The standard InChI is InChI=1S/C24H31N3O4/c1-17(18-8-7-9-20(14-18)27(29)30)25-26-22(28)15-31-21-12-10-19(11-13-21)24(5,6)16-23(2,3)4/h7-14H,15-16H2,1-6H3,(H,26,28). The second-order valence-electron chi connectivity index (χ2n) is 9.47. The van der Waals surface area contributed by atoms with Gasteiger partial charge in [-0.25, -0.2) is 5.43 Å². The van der Waals surface area contributed by atoms with Gasteiger partial charge < -0.3 is 4.74 Å². The van der Waals surface area contributed by atoms with E-state index in [0.717, 1.165) is 6.42 Å². The minimum atomic E-state index is -0.473. The van der Waals surface area contributed by atoms with Gasteiger partial charge in [-0.05, 0) is 41.9 Å². The Balaban J connectivity index is 1.92. The van der Waals surface area contributed by atoms with Gasteiger partial charge >= 0.3 is 0 Å². The summed E-state index contributed by atoms with van der Waals surface area (Å²) in [5, 5.41) is 14.9. The second-order valence-corrected chi connectivity index (χ2v) is 9.47. The van der Waals surface area contributed by atoms with Crippen molar-refractivity contribution in [2.75, 3.05) is 6.61 Å². The van der Waals surface area contributed by atoms with Gasteiger partial charge in [0.15, 0.2) is 6.61 Å². The molecular formula is C24H31N3O4. The van der Waals surface area contributed by atoms with Crippen molar-refractivity contribution in [2.24, 2.45) is 10.5 Å². The summed E-state index contributed by atoms with van der Waals surface area (Å²) in [6.07, 6.45) is 1.05. The Kier molecular flexibility index (Phi) is 7.55. The van der Waals surface area contributed by atoms with Crippen molar-refractivity contribution in [2.45, 2.75) is 53.4 Å². The zero-order valence-electron chi connectivity index (χ0n) is 19.1. The Labute approximate surface area is 183 Å². The first-order valence-corrected chi connectivity index (χ1v) is 10.2. The maximum absolute atomic E-state index is 12.1. The molecule has 1 amide bonds. The SMILES string of the molecule is CC(=NNC(=O)COc1ccc(C(C)(C)CC(C)(C)C)cc1)c1cccc([N+](=O)[O-])c1. The van der Waals surface area contributed by atoms with Crippen LogP contribution in [0.3, 0.4) is 0 Å². The molecule has 0 radical (unpaired) electrons. The third-order valence-electron chi connectivity index (χ3n) is 4.80. The predicted molar refractivity (Wildman–Crippen MR) is 122 cm³/mol. The van der Waals surface area contributed by atoms with Gasteiger partial charge in [0.05, 0.1) is 10.6 Å². The van der Waals surface area contributed by atoms with E-state index in [-0.39, 0.29) is 23.1 Å². The minimum Gasteiger partial charge on any atom is -0.484 e. The van der Waals surface area contributed by atoms with E-state index >= 15 is 0 Å². The molecule has 166 valence electrons. The number of rotatable bonds is 8. The van der Waals surface area contributed by atoms with Gasteiger partial charge in [-0.3, -0.25) is 14.9 Å². The quantitative estimate of drug-likeness (QED) is 0.356. The van der Waals surface area contributed by atoms with Crippen LogP contribution in [0.25, 0.3) is 0 Å². The first-order chi connectivity index (χ1) is 14.4. The molecule has 0 unspecified atom stereocenters. The maximum atomic E-state index is 12.1. The number of nitrogens with zero attached hydrogens (tertiary/aromatic N) is 2. The number of carbonyl (C=O) groups is 1. The monoisotopic (exact) mass is 425 g/mol. The highest BCUT2D eigenvalue weighted by Gasteiger charge is 2.27. The van der Waals surface area contributed by atoms with Crippen molar-refractivity contribution in [3.05, 3.63) is 69.8 Å². The Morgan fingerprint density at radius 1 is 1.10 bits per heavy atom. The van der Waals surface area contributed by atoms with Crippen LogP contribution in [0.2, 0.25) is 0 Å². The van der Waals surface area contributed by atoms with Crippen LogP contribution >= 0.6 is 0 Å². The van der Waals surface area contributed by atoms with E-state index in [1.807, 2.05) is 24.3 Å². The van der Waals surface area contributed by atoms with Crippen molar-refractivity contribution in [1.29, 1.82) is 0 Å². The Bertz CT molecular complexity index is 958. The molecule has 0 aliphatic heterocycles. The van der Waals surface area contributed by atoms with Gasteiger partial charge in [0.2, 0.25) is 0 Å². The highest BCUT2D eigenvalue weighted by molar-refractivity contribution is 5.99. The molecule has 0 aliphatic carbocycles. The number of nitro groups is 1. The average Bonchev–Trinajstić information content (AvgIpc) is 2.69. The van der Waals surface area contributed by atoms with Crippen LogP contribution in [0.4, 0.5) is 5.69 Å². The fraction of sp³-hybridized carbons (Fsp3) is 0.417. The molecule has 7 heteroatoms. The van der Waals surface area contributed by atoms with Gasteiger partial charge in [0, 0.05) is 17.7 Å². The summed E-state index contributed by atoms with van der Waals surface area (Å²) in [6, 6.07) is 13.9. The molecule has 0 aliphatic rings. The summed E-state index contributed by atoms with van der Waals surface area (Å²) in [7, 11) is 0. The topological polar surface area (TPSA) is 93.8 Å². The van der Waals surface area contributed by atoms with Gasteiger partial charge in [-0.15, -0.1) is 0 Å². The van der Waals surface area contributed by atoms with Gasteiger partial charge in [-0.1, -0.05) is 58.9 Å². The first kappa shape index (κ1) is 24.1. The molecule has 31 heavy (non-hydrogen) atoms. The number of benzene rings is 2. The number of nitrogens with one attached hydrogen (secondary N) is 1. The number of carbonyl (C=O) groups excluding carboxylic acids is 1. The summed E-state index contributed by atoms with van der Waals surface area (Å²) < 4.78 is 5.55. The fourth-order valence-electron chi connectivity index (χ4n) is 3.67. The molecular weight excluding hydrogens is 394 g/mol. The lowest BCUT2D eigenvalue weighted by Gasteiger charge is -2.33. The van der Waals surface area contributed by atoms with Crippen LogP contribution < -0.4 is 10.2 Å². The molecule has 1 N–H and O–H groups in total. The number of ether oxygens (including phenoxy) is 1. The number of non-ortho nitro benzene ring substituents is 1. The molecule has 0 fully saturated rings. The minimum absolute atomic E-state index is 0.0316. The highest BCUT2D eigenvalue weighted by atomic mass is 16.6. The lowest BCUT2D eigenvalue weighted by Crippen LogP contribution is -2.26. The summed E-state index contributed by atoms with van der Waals surface area (Å²) >= 11 is 0. The zero-order valence-corrected chi connectivity index (χ0v) is 19.1. The Hall–Kier alpha value is -3.22. The number of hydrogen-bond acceptors (Lipinski definition) is 5. The van der Waals surface area contributed by atoms with E-state index in [2.05, 4.69) is 45.1 Å².